The van der Waals surface area contributed by atoms with Gasteiger partial charge in [0.05, 0.1) is 0 Å². The first-order valence-corrected chi connectivity index (χ1v) is 19.0. The van der Waals surface area contributed by atoms with Gasteiger partial charge in [-0.1, -0.05) is 0 Å². The molecule has 148 valence electrons. The molecule has 1 saturated heterocycles. The van der Waals surface area contributed by atoms with Crippen LogP contribution in [-0.4, -0.2) is 36.4 Å². The van der Waals surface area contributed by atoms with Crippen molar-refractivity contribution in [3.05, 3.63) is 29.8 Å². The Morgan fingerprint density at radius 1 is 0.731 bits per heavy atom. The second kappa shape index (κ2) is 12.4. The third-order valence-electron chi connectivity index (χ3n) is 6.45. The molecule has 0 unspecified atom stereocenters. The number of benzene rings is 1. The van der Waals surface area contributed by atoms with Crippen molar-refractivity contribution >= 4 is 22.0 Å². The molecule has 1 aliphatic heterocycles. The minimum absolute atomic E-state index is 1.17. The summed E-state index contributed by atoms with van der Waals surface area (Å²) >= 11 is -2.22. The molecule has 1 fully saturated rings. The summed E-state index contributed by atoms with van der Waals surface area (Å²) in [7, 11) is 0. The molecule has 0 aliphatic carbocycles. The molecular formula is C24H43NSn. The topological polar surface area (TPSA) is 3.24 Å². The monoisotopic (exact) mass is 465 g/mol. The van der Waals surface area contributed by atoms with Gasteiger partial charge >= 0.3 is 168 Å². The number of hydrogen-bond acceptors (Lipinski definition) is 1. The van der Waals surface area contributed by atoms with E-state index in [9.17, 15) is 0 Å². The van der Waals surface area contributed by atoms with Crippen molar-refractivity contribution in [1.29, 1.82) is 0 Å². The second-order valence-corrected chi connectivity index (χ2v) is 21.9. The summed E-state index contributed by atoms with van der Waals surface area (Å²) in [5.74, 6) is 0. The van der Waals surface area contributed by atoms with Gasteiger partial charge in [0, 0.05) is 0 Å². The summed E-state index contributed by atoms with van der Waals surface area (Å²) in [5.41, 5.74) is 1.54. The van der Waals surface area contributed by atoms with E-state index in [1.807, 2.05) is 3.58 Å². The van der Waals surface area contributed by atoms with Gasteiger partial charge in [-0.25, -0.2) is 0 Å². The molecule has 26 heavy (non-hydrogen) atoms. The zero-order valence-electron chi connectivity index (χ0n) is 17.9. The first-order chi connectivity index (χ1) is 12.7. The fourth-order valence-electron chi connectivity index (χ4n) is 4.69. The van der Waals surface area contributed by atoms with E-state index < -0.39 is 18.4 Å². The molecular weight excluding hydrogens is 421 g/mol. The molecule has 1 aliphatic rings. The number of rotatable bonds is 12. The van der Waals surface area contributed by atoms with E-state index in [1.54, 1.807) is 13.3 Å². The quantitative estimate of drug-likeness (QED) is 0.310. The second-order valence-electron chi connectivity index (χ2n) is 8.62. The average Bonchev–Trinajstić information content (AvgIpc) is 2.69. The summed E-state index contributed by atoms with van der Waals surface area (Å²) < 4.78 is 6.57. The Morgan fingerprint density at radius 2 is 1.23 bits per heavy atom. The molecule has 0 spiro atoms. The number of unbranched alkanes of at least 4 members (excludes halogenated alkanes) is 3. The number of hydrogen-bond donors (Lipinski definition) is 0. The molecule has 0 radical (unpaired) electrons. The summed E-state index contributed by atoms with van der Waals surface area (Å²) in [5, 5.41) is 0. The van der Waals surface area contributed by atoms with Crippen LogP contribution in [0.1, 0.15) is 84.1 Å². The maximum absolute atomic E-state index is 2.65. The van der Waals surface area contributed by atoms with Crippen LogP contribution in [0.5, 0.6) is 0 Å². The average molecular weight is 464 g/mol. The SMILES string of the molecule is CCC[CH2][Sn]([CH2]CCC)([CH2]CCC)[c]1ccc(CN2CCCCC2)cc1. The minimum atomic E-state index is -2.22. The molecule has 1 heterocycles. The van der Waals surface area contributed by atoms with Crippen LogP contribution in [0.3, 0.4) is 0 Å². The van der Waals surface area contributed by atoms with E-state index in [0.29, 0.717) is 0 Å². The van der Waals surface area contributed by atoms with E-state index in [2.05, 4.69) is 49.9 Å². The predicted octanol–water partition coefficient (Wildman–Crippen LogP) is 6.73. The Bertz CT molecular complexity index is 454. The molecule has 0 saturated carbocycles. The molecule has 0 N–H and O–H groups in total. The molecule has 2 rings (SSSR count). The van der Waals surface area contributed by atoms with Crippen LogP contribution >= 0.6 is 0 Å². The van der Waals surface area contributed by atoms with Gasteiger partial charge in [-0.2, -0.15) is 0 Å². The van der Waals surface area contributed by atoms with Gasteiger partial charge in [-0.15, -0.1) is 0 Å². The zero-order valence-corrected chi connectivity index (χ0v) is 20.7. The van der Waals surface area contributed by atoms with Gasteiger partial charge in [-0.3, -0.25) is 0 Å². The molecule has 0 atom stereocenters. The van der Waals surface area contributed by atoms with Crippen LogP contribution in [0.2, 0.25) is 13.3 Å². The maximum atomic E-state index is 2.65. The van der Waals surface area contributed by atoms with Crippen molar-refractivity contribution in [3.8, 4) is 0 Å². The van der Waals surface area contributed by atoms with Crippen LogP contribution in [0, 0.1) is 0 Å². The fraction of sp³-hybridized carbons (Fsp3) is 0.750. The van der Waals surface area contributed by atoms with Gasteiger partial charge in [-0.05, 0) is 0 Å². The summed E-state index contributed by atoms with van der Waals surface area (Å²) in [4.78, 5) is 2.65. The summed E-state index contributed by atoms with van der Waals surface area (Å²) in [6.07, 6.45) is 12.7. The Balaban J connectivity index is 2.13. The van der Waals surface area contributed by atoms with Crippen molar-refractivity contribution < 1.29 is 0 Å². The van der Waals surface area contributed by atoms with E-state index in [0.717, 1.165) is 0 Å². The zero-order chi connectivity index (χ0) is 18.7. The van der Waals surface area contributed by atoms with E-state index in [1.165, 1.54) is 83.0 Å². The van der Waals surface area contributed by atoms with Crippen molar-refractivity contribution in [3.63, 3.8) is 0 Å². The van der Waals surface area contributed by atoms with E-state index >= 15 is 0 Å². The molecule has 0 bridgehead atoms. The number of piperidine rings is 1. The van der Waals surface area contributed by atoms with Gasteiger partial charge in [0.2, 0.25) is 0 Å². The number of nitrogens with zero attached hydrogens (tertiary/aromatic N) is 1. The van der Waals surface area contributed by atoms with Crippen molar-refractivity contribution in [2.45, 2.75) is 98.4 Å². The Hall–Kier alpha value is -0.0213. The van der Waals surface area contributed by atoms with Gasteiger partial charge < -0.3 is 0 Å². The van der Waals surface area contributed by atoms with Crippen molar-refractivity contribution in [2.24, 2.45) is 0 Å². The summed E-state index contributed by atoms with van der Waals surface area (Å²) in [6, 6.07) is 10.1. The first kappa shape index (κ1) is 22.3. The molecule has 0 amide bonds. The van der Waals surface area contributed by atoms with Crippen molar-refractivity contribution in [2.75, 3.05) is 13.1 Å². The Labute approximate surface area is 167 Å². The Kier molecular flexibility index (Phi) is 10.7. The molecule has 1 aromatic rings. The van der Waals surface area contributed by atoms with E-state index in [-0.39, 0.29) is 0 Å². The van der Waals surface area contributed by atoms with Gasteiger partial charge in [0.1, 0.15) is 0 Å². The van der Waals surface area contributed by atoms with Crippen molar-refractivity contribution in [1.82, 2.24) is 4.90 Å². The Morgan fingerprint density at radius 3 is 1.69 bits per heavy atom. The third kappa shape index (κ3) is 6.85. The fourth-order valence-corrected chi connectivity index (χ4v) is 20.6. The van der Waals surface area contributed by atoms with Crippen LogP contribution < -0.4 is 3.58 Å². The van der Waals surface area contributed by atoms with Crippen LogP contribution in [0.4, 0.5) is 0 Å². The molecule has 1 aromatic carbocycles. The van der Waals surface area contributed by atoms with E-state index in [4.69, 9.17) is 0 Å². The standard InChI is InChI=1S/C12H16N.3C4H9.Sn/c1-3-7-12(8-4-1)11-13-9-5-2-6-10-13;3*1-3-4-2;/h3-4,7-8H,2,5-6,9-11H2;3*1,3-4H2,2H3;. The predicted molar refractivity (Wildman–Crippen MR) is 120 cm³/mol. The third-order valence-corrected chi connectivity index (χ3v) is 22.1. The summed E-state index contributed by atoms with van der Waals surface area (Å²) in [6.45, 7) is 10.9. The van der Waals surface area contributed by atoms with Gasteiger partial charge in [0.15, 0.2) is 0 Å². The van der Waals surface area contributed by atoms with Crippen LogP contribution in [-0.2, 0) is 6.54 Å². The normalized spacial score (nSPS) is 16.1. The molecule has 1 nitrogen and oxygen atoms in total. The van der Waals surface area contributed by atoms with Crippen LogP contribution in [0.25, 0.3) is 0 Å². The number of likely N-dealkylation sites (tertiary alicyclic amines) is 1. The first-order valence-electron chi connectivity index (χ1n) is 11.6. The van der Waals surface area contributed by atoms with Crippen LogP contribution in [0.15, 0.2) is 24.3 Å². The molecule has 0 aromatic heterocycles. The molecule has 2 heteroatoms. The van der Waals surface area contributed by atoms with Gasteiger partial charge in [0.25, 0.3) is 0 Å².